The van der Waals surface area contributed by atoms with Crippen LogP contribution in [0.4, 0.5) is 0 Å². The Hall–Kier alpha value is -0.550. The number of thiazole rings is 1. The fourth-order valence-corrected chi connectivity index (χ4v) is 3.42. The molecular formula is C11H17N3S2. The largest absolute Gasteiger partial charge is 0.362 e. The predicted octanol–water partition coefficient (Wildman–Crippen LogP) is 2.47. The first-order valence-electron chi connectivity index (χ1n) is 5.59. The Morgan fingerprint density at radius 2 is 2.50 bits per heavy atom. The third-order valence-corrected chi connectivity index (χ3v) is 4.39. The summed E-state index contributed by atoms with van der Waals surface area (Å²) in [6.07, 6.45) is 2.19. The molecule has 1 aliphatic heterocycles. The molecule has 1 unspecified atom stereocenters. The molecule has 1 atom stereocenters. The molecule has 1 aromatic rings. The standard InChI is InChI=1S/C11H17N3S2/c1-8-4-6-15-11(14-8)12-5-3-10-13-9(2)7-16-10/h7-8H,3-6H2,1-2H3,(H,12,14). The molecular weight excluding hydrogens is 238 g/mol. The van der Waals surface area contributed by atoms with Gasteiger partial charge in [-0.15, -0.1) is 11.3 Å². The highest BCUT2D eigenvalue weighted by atomic mass is 32.2. The SMILES string of the molecule is Cc1csc(CCN=C2NC(C)CCS2)n1. The number of aromatic nitrogens is 1. The molecule has 3 nitrogen and oxygen atoms in total. The van der Waals surface area contributed by atoms with Crippen molar-refractivity contribution in [3.63, 3.8) is 0 Å². The normalized spacial score (nSPS) is 23.4. The summed E-state index contributed by atoms with van der Waals surface area (Å²) in [5, 5.41) is 7.79. The Bertz CT molecular complexity index is 373. The Balaban J connectivity index is 1.80. The molecule has 1 aliphatic rings. The Labute approximate surface area is 105 Å². The monoisotopic (exact) mass is 255 g/mol. The zero-order valence-electron chi connectivity index (χ0n) is 9.69. The molecule has 2 rings (SSSR count). The van der Waals surface area contributed by atoms with E-state index >= 15 is 0 Å². The zero-order valence-corrected chi connectivity index (χ0v) is 11.3. The smallest absolute Gasteiger partial charge is 0.156 e. The average molecular weight is 255 g/mol. The van der Waals surface area contributed by atoms with E-state index in [1.165, 1.54) is 17.2 Å². The lowest BCUT2D eigenvalue weighted by Crippen LogP contribution is -2.35. The first-order chi connectivity index (χ1) is 7.74. The Morgan fingerprint density at radius 1 is 1.62 bits per heavy atom. The number of rotatable bonds is 3. The van der Waals surface area contributed by atoms with Gasteiger partial charge >= 0.3 is 0 Å². The molecule has 1 saturated heterocycles. The van der Waals surface area contributed by atoms with Crippen LogP contribution in [-0.2, 0) is 6.42 Å². The fourth-order valence-electron chi connectivity index (χ4n) is 1.52. The molecule has 0 amide bonds. The molecule has 0 aliphatic carbocycles. The summed E-state index contributed by atoms with van der Waals surface area (Å²) in [5.74, 6) is 1.18. The summed E-state index contributed by atoms with van der Waals surface area (Å²) < 4.78 is 0. The minimum absolute atomic E-state index is 0.571. The highest BCUT2D eigenvalue weighted by Gasteiger charge is 2.12. The average Bonchev–Trinajstić information content (AvgIpc) is 2.64. The first kappa shape index (κ1) is 11.9. The van der Waals surface area contributed by atoms with Crippen LogP contribution < -0.4 is 5.32 Å². The van der Waals surface area contributed by atoms with Crippen LogP contribution in [0.3, 0.4) is 0 Å². The summed E-state index contributed by atoms with van der Waals surface area (Å²) in [6.45, 7) is 5.08. The van der Waals surface area contributed by atoms with Crippen LogP contribution in [0.1, 0.15) is 24.0 Å². The number of hydrogen-bond donors (Lipinski definition) is 1. The summed E-state index contributed by atoms with van der Waals surface area (Å²) in [7, 11) is 0. The van der Waals surface area contributed by atoms with E-state index in [1.807, 2.05) is 18.7 Å². The van der Waals surface area contributed by atoms with E-state index < -0.39 is 0 Å². The summed E-state index contributed by atoms with van der Waals surface area (Å²) in [4.78, 5) is 9.00. The number of nitrogens with one attached hydrogen (secondary N) is 1. The second-order valence-electron chi connectivity index (χ2n) is 4.00. The van der Waals surface area contributed by atoms with Crippen LogP contribution in [-0.4, -0.2) is 28.5 Å². The second kappa shape index (κ2) is 5.68. The predicted molar refractivity (Wildman–Crippen MR) is 72.5 cm³/mol. The van der Waals surface area contributed by atoms with Crippen LogP contribution in [0.5, 0.6) is 0 Å². The van der Waals surface area contributed by atoms with E-state index in [-0.39, 0.29) is 0 Å². The van der Waals surface area contributed by atoms with E-state index in [4.69, 9.17) is 0 Å². The maximum atomic E-state index is 4.57. The third-order valence-electron chi connectivity index (χ3n) is 2.41. The van der Waals surface area contributed by atoms with Gasteiger partial charge in [-0.05, 0) is 20.3 Å². The number of nitrogens with zero attached hydrogens (tertiary/aromatic N) is 2. The van der Waals surface area contributed by atoms with Crippen LogP contribution in [0.15, 0.2) is 10.4 Å². The quantitative estimate of drug-likeness (QED) is 0.901. The van der Waals surface area contributed by atoms with Gasteiger partial charge in [-0.3, -0.25) is 4.99 Å². The minimum atomic E-state index is 0.571. The maximum Gasteiger partial charge on any atom is 0.156 e. The highest BCUT2D eigenvalue weighted by Crippen LogP contribution is 2.14. The van der Waals surface area contributed by atoms with Crippen molar-refractivity contribution in [2.24, 2.45) is 4.99 Å². The summed E-state index contributed by atoms with van der Waals surface area (Å²) >= 11 is 3.56. The van der Waals surface area contributed by atoms with Gasteiger partial charge in [0.15, 0.2) is 5.17 Å². The van der Waals surface area contributed by atoms with E-state index in [0.29, 0.717) is 6.04 Å². The van der Waals surface area contributed by atoms with Gasteiger partial charge in [0.2, 0.25) is 0 Å². The van der Waals surface area contributed by atoms with E-state index in [0.717, 1.165) is 23.8 Å². The Morgan fingerprint density at radius 3 is 3.19 bits per heavy atom. The molecule has 0 saturated carbocycles. The van der Waals surface area contributed by atoms with Gasteiger partial charge in [0.1, 0.15) is 0 Å². The summed E-state index contributed by atoms with van der Waals surface area (Å²) in [6, 6.07) is 0.571. The first-order valence-corrected chi connectivity index (χ1v) is 7.45. The topological polar surface area (TPSA) is 37.3 Å². The molecule has 0 spiro atoms. The zero-order chi connectivity index (χ0) is 11.4. The lowest BCUT2D eigenvalue weighted by Gasteiger charge is -2.21. The van der Waals surface area contributed by atoms with Crippen molar-refractivity contribution in [2.45, 2.75) is 32.7 Å². The third kappa shape index (κ3) is 3.49. The number of aliphatic imine (C=N–C) groups is 1. The van der Waals surface area contributed by atoms with Crippen LogP contribution >= 0.6 is 23.1 Å². The Kier molecular flexibility index (Phi) is 4.23. The van der Waals surface area contributed by atoms with Crippen LogP contribution in [0.2, 0.25) is 0 Å². The van der Waals surface area contributed by atoms with E-state index in [2.05, 4.69) is 27.6 Å². The maximum absolute atomic E-state index is 4.57. The van der Waals surface area contributed by atoms with E-state index in [9.17, 15) is 0 Å². The van der Waals surface area contributed by atoms with Gasteiger partial charge in [0, 0.05) is 35.8 Å². The van der Waals surface area contributed by atoms with Gasteiger partial charge in [0.25, 0.3) is 0 Å². The molecule has 88 valence electrons. The van der Waals surface area contributed by atoms with Crippen molar-refractivity contribution in [3.8, 4) is 0 Å². The van der Waals surface area contributed by atoms with Gasteiger partial charge in [0.05, 0.1) is 5.01 Å². The number of hydrogen-bond acceptors (Lipinski definition) is 4. The van der Waals surface area contributed by atoms with Crippen LogP contribution in [0, 0.1) is 6.92 Å². The number of aryl methyl sites for hydroxylation is 1. The fraction of sp³-hybridized carbons (Fsp3) is 0.636. The van der Waals surface area contributed by atoms with Crippen LogP contribution in [0.25, 0.3) is 0 Å². The van der Waals surface area contributed by atoms with Crippen molar-refractivity contribution in [1.82, 2.24) is 10.3 Å². The minimum Gasteiger partial charge on any atom is -0.362 e. The molecule has 1 aromatic heterocycles. The molecule has 16 heavy (non-hydrogen) atoms. The lowest BCUT2D eigenvalue weighted by atomic mass is 10.3. The molecule has 1 N–H and O–H groups in total. The van der Waals surface area contributed by atoms with Gasteiger partial charge in [-0.1, -0.05) is 11.8 Å². The molecule has 0 aromatic carbocycles. The lowest BCUT2D eigenvalue weighted by molar-refractivity contribution is 0.642. The number of thioether (sulfide) groups is 1. The van der Waals surface area contributed by atoms with Gasteiger partial charge < -0.3 is 5.32 Å². The van der Waals surface area contributed by atoms with Crippen molar-refractivity contribution < 1.29 is 0 Å². The van der Waals surface area contributed by atoms with Crippen molar-refractivity contribution >= 4 is 28.3 Å². The molecule has 5 heteroatoms. The molecule has 2 heterocycles. The van der Waals surface area contributed by atoms with Crippen molar-refractivity contribution in [3.05, 3.63) is 16.1 Å². The highest BCUT2D eigenvalue weighted by molar-refractivity contribution is 8.13. The summed E-state index contributed by atoms with van der Waals surface area (Å²) in [5.41, 5.74) is 1.12. The van der Waals surface area contributed by atoms with Crippen molar-refractivity contribution in [1.29, 1.82) is 0 Å². The molecule has 0 bridgehead atoms. The van der Waals surface area contributed by atoms with E-state index in [1.54, 1.807) is 11.3 Å². The second-order valence-corrected chi connectivity index (χ2v) is 6.03. The molecule has 1 fully saturated rings. The van der Waals surface area contributed by atoms with Gasteiger partial charge in [-0.25, -0.2) is 4.98 Å². The molecule has 0 radical (unpaired) electrons. The van der Waals surface area contributed by atoms with Crippen molar-refractivity contribution in [2.75, 3.05) is 12.3 Å². The number of amidine groups is 1. The van der Waals surface area contributed by atoms with Gasteiger partial charge in [-0.2, -0.15) is 0 Å².